The Labute approximate surface area is 144 Å². The van der Waals surface area contributed by atoms with Gasteiger partial charge in [0.15, 0.2) is 5.96 Å². The molecule has 23 heavy (non-hydrogen) atoms. The Morgan fingerprint density at radius 2 is 2.13 bits per heavy atom. The number of nitrogens with one attached hydrogen (secondary N) is 2. The minimum absolute atomic E-state index is 0.0837. The predicted octanol–water partition coefficient (Wildman–Crippen LogP) is 2.13. The van der Waals surface area contributed by atoms with E-state index in [1.807, 2.05) is 7.05 Å². The topological polar surface area (TPSA) is 48.9 Å². The Kier molecular flexibility index (Phi) is 6.87. The molecule has 1 aliphatic rings. The van der Waals surface area contributed by atoms with Crippen LogP contribution in [0.5, 0.6) is 0 Å². The zero-order valence-electron chi connectivity index (χ0n) is 14.8. The number of nitrogens with zero attached hydrogens (tertiary/aromatic N) is 2. The molecule has 1 atom stereocenters. The second-order valence-electron chi connectivity index (χ2n) is 6.68. The van der Waals surface area contributed by atoms with Gasteiger partial charge in [0.05, 0.1) is 13.2 Å². The highest BCUT2D eigenvalue weighted by molar-refractivity contribution is 7.07. The first-order valence-electron chi connectivity index (χ1n) is 8.32. The first kappa shape index (κ1) is 18.2. The lowest BCUT2D eigenvalue weighted by Gasteiger charge is -2.41. The van der Waals surface area contributed by atoms with Gasteiger partial charge < -0.3 is 15.4 Å². The van der Waals surface area contributed by atoms with E-state index in [9.17, 15) is 0 Å². The van der Waals surface area contributed by atoms with Crippen molar-refractivity contribution in [3.05, 3.63) is 22.4 Å². The molecule has 1 fully saturated rings. The number of rotatable bonds is 6. The summed E-state index contributed by atoms with van der Waals surface area (Å²) in [7, 11) is 1.83. The molecule has 130 valence electrons. The fourth-order valence-electron chi connectivity index (χ4n) is 2.72. The molecule has 1 aromatic heterocycles. The van der Waals surface area contributed by atoms with Crippen LogP contribution in [-0.4, -0.2) is 62.8 Å². The number of guanidine groups is 1. The van der Waals surface area contributed by atoms with E-state index in [2.05, 4.69) is 58.1 Å². The molecule has 0 aliphatic carbocycles. The van der Waals surface area contributed by atoms with Gasteiger partial charge in [0.25, 0.3) is 0 Å². The molecule has 0 saturated carbocycles. The van der Waals surface area contributed by atoms with Gasteiger partial charge in [0, 0.05) is 38.8 Å². The van der Waals surface area contributed by atoms with Crippen molar-refractivity contribution in [2.24, 2.45) is 4.99 Å². The summed E-state index contributed by atoms with van der Waals surface area (Å²) in [6.07, 6.45) is 0. The SMILES string of the molecule is CN=C(NCC(C)c1ccsc1)NCC(C)(C)N1CCOCC1. The van der Waals surface area contributed by atoms with E-state index < -0.39 is 0 Å². The molecule has 0 radical (unpaired) electrons. The summed E-state index contributed by atoms with van der Waals surface area (Å²) in [4.78, 5) is 6.82. The molecule has 1 aliphatic heterocycles. The van der Waals surface area contributed by atoms with E-state index >= 15 is 0 Å². The monoisotopic (exact) mass is 338 g/mol. The van der Waals surface area contributed by atoms with Crippen molar-refractivity contribution in [1.82, 2.24) is 15.5 Å². The molecule has 5 nitrogen and oxygen atoms in total. The molecule has 6 heteroatoms. The Morgan fingerprint density at radius 1 is 1.39 bits per heavy atom. The Morgan fingerprint density at radius 3 is 2.74 bits per heavy atom. The van der Waals surface area contributed by atoms with E-state index in [4.69, 9.17) is 4.74 Å². The van der Waals surface area contributed by atoms with Crippen molar-refractivity contribution in [3.63, 3.8) is 0 Å². The fourth-order valence-corrected chi connectivity index (χ4v) is 3.51. The number of hydrogen-bond acceptors (Lipinski definition) is 4. The zero-order valence-corrected chi connectivity index (χ0v) is 15.6. The molecule has 1 saturated heterocycles. The van der Waals surface area contributed by atoms with Gasteiger partial charge in [-0.15, -0.1) is 0 Å². The fraction of sp³-hybridized carbons (Fsp3) is 0.706. The Hall–Kier alpha value is -1.11. The second-order valence-corrected chi connectivity index (χ2v) is 7.46. The highest BCUT2D eigenvalue weighted by Crippen LogP contribution is 2.17. The van der Waals surface area contributed by atoms with Gasteiger partial charge in [-0.2, -0.15) is 11.3 Å². The average molecular weight is 339 g/mol. The normalized spacial score (nSPS) is 18.7. The van der Waals surface area contributed by atoms with Crippen LogP contribution in [-0.2, 0) is 4.74 Å². The molecule has 2 heterocycles. The standard InChI is InChI=1S/C17H30N4OS/c1-14(15-5-10-23-12-15)11-19-16(18-4)20-13-17(2,3)21-6-8-22-9-7-21/h5,10,12,14H,6-9,11,13H2,1-4H3,(H2,18,19,20). The van der Waals surface area contributed by atoms with Crippen molar-refractivity contribution in [2.75, 3.05) is 46.4 Å². The molecule has 0 bridgehead atoms. The molecule has 1 aromatic rings. The zero-order chi connectivity index (χ0) is 16.7. The number of thiophene rings is 1. The molecular formula is C17H30N4OS. The van der Waals surface area contributed by atoms with E-state index in [0.717, 1.165) is 45.4 Å². The van der Waals surface area contributed by atoms with E-state index in [1.54, 1.807) is 11.3 Å². The lowest BCUT2D eigenvalue weighted by Crippen LogP contribution is -2.56. The maximum absolute atomic E-state index is 5.44. The van der Waals surface area contributed by atoms with E-state index in [1.165, 1.54) is 5.56 Å². The van der Waals surface area contributed by atoms with Gasteiger partial charge in [0.1, 0.15) is 0 Å². The average Bonchev–Trinajstić information content (AvgIpc) is 3.10. The molecule has 0 spiro atoms. The first-order valence-corrected chi connectivity index (χ1v) is 9.26. The predicted molar refractivity (Wildman–Crippen MR) is 98.6 cm³/mol. The van der Waals surface area contributed by atoms with Crippen molar-refractivity contribution in [2.45, 2.75) is 32.2 Å². The summed E-state index contributed by atoms with van der Waals surface area (Å²) in [5.74, 6) is 1.35. The number of morpholine rings is 1. The van der Waals surface area contributed by atoms with Gasteiger partial charge in [-0.05, 0) is 42.2 Å². The van der Waals surface area contributed by atoms with Gasteiger partial charge >= 0.3 is 0 Å². The second kappa shape index (κ2) is 8.66. The summed E-state index contributed by atoms with van der Waals surface area (Å²) in [5, 5.41) is 11.2. The smallest absolute Gasteiger partial charge is 0.191 e. The maximum atomic E-state index is 5.44. The largest absolute Gasteiger partial charge is 0.379 e. The van der Waals surface area contributed by atoms with Crippen molar-refractivity contribution in [3.8, 4) is 0 Å². The molecule has 2 rings (SSSR count). The lowest BCUT2D eigenvalue weighted by atomic mass is 10.0. The van der Waals surface area contributed by atoms with Crippen molar-refractivity contribution >= 4 is 17.3 Å². The summed E-state index contributed by atoms with van der Waals surface area (Å²) in [5.41, 5.74) is 1.46. The third kappa shape index (κ3) is 5.48. The Balaban J connectivity index is 1.78. The van der Waals surface area contributed by atoms with E-state index in [-0.39, 0.29) is 5.54 Å². The lowest BCUT2D eigenvalue weighted by molar-refractivity contribution is -0.00834. The number of ether oxygens (including phenoxy) is 1. The van der Waals surface area contributed by atoms with Crippen LogP contribution in [0.4, 0.5) is 0 Å². The highest BCUT2D eigenvalue weighted by atomic mass is 32.1. The van der Waals surface area contributed by atoms with Crippen LogP contribution in [0.25, 0.3) is 0 Å². The molecule has 0 amide bonds. The maximum Gasteiger partial charge on any atom is 0.191 e. The number of aliphatic imine (C=N–C) groups is 1. The van der Waals surface area contributed by atoms with E-state index in [0.29, 0.717) is 5.92 Å². The van der Waals surface area contributed by atoms with Gasteiger partial charge in [0.2, 0.25) is 0 Å². The molecule has 2 N–H and O–H groups in total. The summed E-state index contributed by atoms with van der Waals surface area (Å²) >= 11 is 1.75. The van der Waals surface area contributed by atoms with Gasteiger partial charge in [-0.25, -0.2) is 0 Å². The minimum atomic E-state index is 0.0837. The molecule has 1 unspecified atom stereocenters. The van der Waals surface area contributed by atoms with Gasteiger partial charge in [-0.1, -0.05) is 6.92 Å². The van der Waals surface area contributed by atoms with Crippen LogP contribution in [0.1, 0.15) is 32.3 Å². The Bertz CT molecular complexity index is 481. The van der Waals surface area contributed by atoms with Crippen LogP contribution in [0.2, 0.25) is 0 Å². The van der Waals surface area contributed by atoms with Crippen LogP contribution >= 0.6 is 11.3 Å². The van der Waals surface area contributed by atoms with Crippen LogP contribution < -0.4 is 10.6 Å². The van der Waals surface area contributed by atoms with Crippen molar-refractivity contribution in [1.29, 1.82) is 0 Å². The quantitative estimate of drug-likeness (QED) is 0.616. The van der Waals surface area contributed by atoms with Crippen molar-refractivity contribution < 1.29 is 4.74 Å². The minimum Gasteiger partial charge on any atom is -0.379 e. The van der Waals surface area contributed by atoms with Crippen LogP contribution in [0.3, 0.4) is 0 Å². The summed E-state index contributed by atoms with van der Waals surface area (Å²) in [6, 6.07) is 2.19. The van der Waals surface area contributed by atoms with Crippen LogP contribution in [0.15, 0.2) is 21.8 Å². The van der Waals surface area contributed by atoms with Crippen LogP contribution in [0, 0.1) is 0 Å². The molecular weight excluding hydrogens is 308 g/mol. The highest BCUT2D eigenvalue weighted by Gasteiger charge is 2.28. The third-order valence-corrected chi connectivity index (χ3v) is 5.17. The number of hydrogen-bond donors (Lipinski definition) is 2. The summed E-state index contributed by atoms with van der Waals surface area (Å²) in [6.45, 7) is 12.2. The molecule has 0 aromatic carbocycles. The van der Waals surface area contributed by atoms with Gasteiger partial charge in [-0.3, -0.25) is 9.89 Å². The third-order valence-electron chi connectivity index (χ3n) is 4.47. The summed E-state index contributed by atoms with van der Waals surface area (Å²) < 4.78 is 5.44. The first-order chi connectivity index (χ1) is 11.0.